The number of halogens is 3. The van der Waals surface area contributed by atoms with E-state index in [1.54, 1.807) is 0 Å². The van der Waals surface area contributed by atoms with Crippen molar-refractivity contribution < 1.29 is 10.2 Å². The molecule has 1 rings (SSSR count). The number of hydrogen-bond donors (Lipinski definition) is 2. The summed E-state index contributed by atoms with van der Waals surface area (Å²) in [5, 5.41) is 18.5. The molecule has 1 aromatic rings. The Kier molecular flexibility index (Phi) is 5.00. The Morgan fingerprint density at radius 2 is 1.77 bits per heavy atom. The SMILES string of the molecule is OCCc1c(I)cc(I)c(O)c1I. The van der Waals surface area contributed by atoms with Gasteiger partial charge < -0.3 is 10.2 Å². The Morgan fingerprint density at radius 1 is 1.15 bits per heavy atom. The van der Waals surface area contributed by atoms with Gasteiger partial charge in [-0.15, -0.1) is 0 Å². The zero-order valence-electron chi connectivity index (χ0n) is 6.52. The quantitative estimate of drug-likeness (QED) is 0.595. The van der Waals surface area contributed by atoms with Gasteiger partial charge in [0, 0.05) is 10.2 Å². The van der Waals surface area contributed by atoms with Crippen LogP contribution >= 0.6 is 67.8 Å². The lowest BCUT2D eigenvalue weighted by Gasteiger charge is -2.09. The highest BCUT2D eigenvalue weighted by Gasteiger charge is 2.12. The van der Waals surface area contributed by atoms with Crippen LogP contribution in [0.1, 0.15) is 5.56 Å². The van der Waals surface area contributed by atoms with Gasteiger partial charge in [0.25, 0.3) is 0 Å². The van der Waals surface area contributed by atoms with Crippen molar-refractivity contribution in [2.45, 2.75) is 6.42 Å². The minimum atomic E-state index is 0.117. The maximum absolute atomic E-state index is 9.64. The molecule has 0 aromatic heterocycles. The first-order valence-electron chi connectivity index (χ1n) is 3.54. The molecule has 0 fully saturated rings. The maximum atomic E-state index is 9.64. The number of aliphatic hydroxyl groups excluding tert-OH is 1. The van der Waals surface area contributed by atoms with Crippen molar-refractivity contribution in [3.05, 3.63) is 22.3 Å². The van der Waals surface area contributed by atoms with Crippen molar-refractivity contribution in [3.8, 4) is 5.75 Å². The second-order valence-electron chi connectivity index (χ2n) is 2.45. The molecule has 0 aliphatic rings. The van der Waals surface area contributed by atoms with E-state index in [1.165, 1.54) is 0 Å². The van der Waals surface area contributed by atoms with E-state index in [-0.39, 0.29) is 6.61 Å². The van der Waals surface area contributed by atoms with E-state index in [1.807, 2.05) is 6.07 Å². The maximum Gasteiger partial charge on any atom is 0.142 e. The molecule has 0 amide bonds. The molecule has 0 saturated carbocycles. The van der Waals surface area contributed by atoms with Crippen molar-refractivity contribution in [2.24, 2.45) is 0 Å². The number of aromatic hydroxyl groups is 1. The van der Waals surface area contributed by atoms with E-state index in [0.29, 0.717) is 12.2 Å². The lowest BCUT2D eigenvalue weighted by molar-refractivity contribution is 0.299. The Balaban J connectivity index is 3.26. The number of hydrogen-bond acceptors (Lipinski definition) is 2. The summed E-state index contributed by atoms with van der Waals surface area (Å²) in [4.78, 5) is 0. The number of rotatable bonds is 2. The predicted octanol–water partition coefficient (Wildman–Crippen LogP) is 2.74. The van der Waals surface area contributed by atoms with Gasteiger partial charge >= 0.3 is 0 Å². The van der Waals surface area contributed by atoms with Crippen molar-refractivity contribution in [3.63, 3.8) is 0 Å². The Bertz CT molecular complexity index is 326. The van der Waals surface area contributed by atoms with Gasteiger partial charge in [-0.2, -0.15) is 0 Å². The first-order valence-corrected chi connectivity index (χ1v) is 6.77. The topological polar surface area (TPSA) is 40.5 Å². The largest absolute Gasteiger partial charge is 0.506 e. The first-order chi connectivity index (χ1) is 6.07. The Hall–Kier alpha value is 1.17. The van der Waals surface area contributed by atoms with Gasteiger partial charge in [0.2, 0.25) is 0 Å². The lowest BCUT2D eigenvalue weighted by Crippen LogP contribution is -1.99. The van der Waals surface area contributed by atoms with Crippen LogP contribution in [0.25, 0.3) is 0 Å². The summed E-state index contributed by atoms with van der Waals surface area (Å²) < 4.78 is 2.80. The summed E-state index contributed by atoms with van der Waals surface area (Å²) in [6.45, 7) is 0.117. The van der Waals surface area contributed by atoms with Crippen LogP contribution in [0.3, 0.4) is 0 Å². The number of phenolic OH excluding ortho intramolecular Hbond substituents is 1. The van der Waals surface area contributed by atoms with Crippen LogP contribution in [0.15, 0.2) is 6.07 Å². The van der Waals surface area contributed by atoms with Gasteiger partial charge in [-0.3, -0.25) is 0 Å². The third-order valence-corrected chi connectivity index (χ3v) is 4.55. The molecule has 2 N–H and O–H groups in total. The minimum Gasteiger partial charge on any atom is -0.506 e. The summed E-state index contributed by atoms with van der Waals surface area (Å²) in [6, 6.07) is 1.92. The van der Waals surface area contributed by atoms with E-state index in [0.717, 1.165) is 16.3 Å². The third kappa shape index (κ3) is 2.81. The molecule has 13 heavy (non-hydrogen) atoms. The average Bonchev–Trinajstić information content (AvgIpc) is 2.09. The molecular weight excluding hydrogens is 509 g/mol. The van der Waals surface area contributed by atoms with Crippen molar-refractivity contribution >= 4 is 67.8 Å². The Morgan fingerprint density at radius 3 is 2.31 bits per heavy atom. The molecule has 5 heteroatoms. The van der Waals surface area contributed by atoms with E-state index in [9.17, 15) is 5.11 Å². The highest BCUT2D eigenvalue weighted by molar-refractivity contribution is 14.1. The van der Waals surface area contributed by atoms with E-state index in [2.05, 4.69) is 67.8 Å². The zero-order chi connectivity index (χ0) is 10.0. The highest BCUT2D eigenvalue weighted by atomic mass is 127. The standard InChI is InChI=1S/C8H7I3O2/c9-5-3-6(10)8(13)7(11)4(5)1-2-12/h3,12-13H,1-2H2. The van der Waals surface area contributed by atoms with E-state index in [4.69, 9.17) is 5.11 Å². The number of benzene rings is 1. The van der Waals surface area contributed by atoms with Crippen molar-refractivity contribution in [1.82, 2.24) is 0 Å². The van der Waals surface area contributed by atoms with Crippen LogP contribution in [0, 0.1) is 10.7 Å². The molecule has 0 heterocycles. The molecule has 0 saturated heterocycles. The summed E-state index contributed by atoms with van der Waals surface area (Å²) in [5.74, 6) is 0.324. The fraction of sp³-hybridized carbons (Fsp3) is 0.250. The fourth-order valence-corrected chi connectivity index (χ4v) is 4.87. The van der Waals surface area contributed by atoms with Gasteiger partial charge in [-0.1, -0.05) is 0 Å². The molecule has 0 aliphatic carbocycles. The lowest BCUT2D eigenvalue weighted by atomic mass is 10.1. The van der Waals surface area contributed by atoms with Crippen LogP contribution in [-0.2, 0) is 6.42 Å². The van der Waals surface area contributed by atoms with Gasteiger partial charge in [0.05, 0.1) is 7.14 Å². The molecule has 0 unspecified atom stereocenters. The average molecular weight is 516 g/mol. The highest BCUT2D eigenvalue weighted by Crippen LogP contribution is 2.32. The van der Waals surface area contributed by atoms with E-state index < -0.39 is 0 Å². The second-order valence-corrected chi connectivity index (χ2v) is 5.86. The smallest absolute Gasteiger partial charge is 0.142 e. The fourth-order valence-electron chi connectivity index (χ4n) is 0.960. The van der Waals surface area contributed by atoms with Crippen LogP contribution in [-0.4, -0.2) is 16.8 Å². The van der Waals surface area contributed by atoms with Crippen LogP contribution in [0.2, 0.25) is 0 Å². The van der Waals surface area contributed by atoms with Crippen molar-refractivity contribution in [1.29, 1.82) is 0 Å². The molecule has 1 aromatic carbocycles. The van der Waals surface area contributed by atoms with Crippen molar-refractivity contribution in [2.75, 3.05) is 6.61 Å². The van der Waals surface area contributed by atoms with Crippen LogP contribution < -0.4 is 0 Å². The summed E-state index contributed by atoms with van der Waals surface area (Å²) in [6.07, 6.45) is 0.598. The molecule has 0 radical (unpaired) electrons. The first kappa shape index (κ1) is 12.2. The second kappa shape index (κ2) is 5.31. The van der Waals surface area contributed by atoms with Gasteiger partial charge in [0.1, 0.15) is 5.75 Å². The number of phenols is 1. The normalized spacial score (nSPS) is 10.5. The molecule has 0 bridgehead atoms. The molecule has 0 atom stereocenters. The summed E-state index contributed by atoms with van der Waals surface area (Å²) in [7, 11) is 0. The molecule has 0 spiro atoms. The Labute approximate surface area is 118 Å². The van der Waals surface area contributed by atoms with Gasteiger partial charge in [-0.25, -0.2) is 0 Å². The third-order valence-electron chi connectivity index (χ3n) is 1.60. The van der Waals surface area contributed by atoms with Gasteiger partial charge in [-0.05, 0) is 85.8 Å². The van der Waals surface area contributed by atoms with Crippen LogP contribution in [0.5, 0.6) is 5.75 Å². The molecule has 72 valence electrons. The summed E-state index contributed by atoms with van der Waals surface area (Å²) >= 11 is 6.43. The van der Waals surface area contributed by atoms with Gasteiger partial charge in [0.15, 0.2) is 0 Å². The monoisotopic (exact) mass is 516 g/mol. The number of aliphatic hydroxyl groups is 1. The van der Waals surface area contributed by atoms with E-state index >= 15 is 0 Å². The molecular formula is C8H7I3O2. The van der Waals surface area contributed by atoms with Crippen LogP contribution in [0.4, 0.5) is 0 Å². The zero-order valence-corrected chi connectivity index (χ0v) is 13.0. The minimum absolute atomic E-state index is 0.117. The summed E-state index contributed by atoms with van der Waals surface area (Å²) in [5.41, 5.74) is 1.03. The predicted molar refractivity (Wildman–Crippen MR) is 77.0 cm³/mol. The molecule has 0 aliphatic heterocycles. The molecule has 2 nitrogen and oxygen atoms in total.